The highest BCUT2D eigenvalue weighted by Crippen LogP contribution is 2.49. The van der Waals surface area contributed by atoms with Crippen molar-refractivity contribution < 1.29 is 8.83 Å². The van der Waals surface area contributed by atoms with E-state index in [0.29, 0.717) is 0 Å². The first kappa shape index (κ1) is 43.1. The molecule has 2 aromatic heterocycles. The number of rotatable bonds is 6. The molecular formula is C70H50O2Si2. The van der Waals surface area contributed by atoms with Crippen LogP contribution in [0.25, 0.3) is 133 Å². The van der Waals surface area contributed by atoms with Crippen LogP contribution in [0.1, 0.15) is 0 Å². The lowest BCUT2D eigenvalue weighted by Crippen LogP contribution is -2.51. The average Bonchev–Trinajstić information content (AvgIpc) is 4.16. The van der Waals surface area contributed by atoms with E-state index >= 15 is 0 Å². The Morgan fingerprint density at radius 1 is 0.257 bits per heavy atom. The molecule has 0 N–H and O–H groups in total. The molecule has 4 heteroatoms. The maximum atomic E-state index is 7.24. The lowest BCUT2D eigenvalue weighted by molar-refractivity contribution is 0.670. The van der Waals surface area contributed by atoms with Crippen molar-refractivity contribution in [2.75, 3.05) is 0 Å². The molecular weight excluding hydrogens is 929 g/mol. The molecule has 350 valence electrons. The molecule has 74 heavy (non-hydrogen) atoms. The summed E-state index contributed by atoms with van der Waals surface area (Å²) in [5.74, 6) is 0. The number of hydrogen-bond donors (Lipinski definition) is 0. The molecule has 0 saturated heterocycles. The molecule has 4 heterocycles. The van der Waals surface area contributed by atoms with Crippen molar-refractivity contribution in [3.63, 3.8) is 0 Å². The molecule has 2 aliphatic rings. The minimum absolute atomic E-state index is 0.919. The van der Waals surface area contributed by atoms with Crippen molar-refractivity contribution in [1.82, 2.24) is 0 Å². The highest BCUT2D eigenvalue weighted by molar-refractivity contribution is 7.06. The van der Waals surface area contributed by atoms with Gasteiger partial charge in [0.15, 0.2) is 0 Å². The molecule has 0 spiro atoms. The zero-order chi connectivity index (χ0) is 49.5. The zero-order valence-electron chi connectivity index (χ0n) is 41.8. The summed E-state index contributed by atoms with van der Waals surface area (Å²) in [5.41, 5.74) is 23.5. The SMILES string of the molecule is C[Si]1(C)c2cc3c(cc2-c2c1cc(-c1cc(-c4ccccc4)cc(-c4ccccc4)c1)c1c2oc2ccccc21)[Si](C)(C)c1cc(-c2cc(-c4ccccc4)cc(-c4ccccc4)c2)c2oc4ccccc4c2c1-3. The summed E-state index contributed by atoms with van der Waals surface area (Å²) in [6.45, 7) is 10.3. The van der Waals surface area contributed by atoms with Crippen molar-refractivity contribution >= 4 is 80.8 Å². The normalized spacial score (nSPS) is 13.9. The summed E-state index contributed by atoms with van der Waals surface area (Å²) in [6, 6.07) is 85.2. The van der Waals surface area contributed by atoms with Gasteiger partial charge >= 0.3 is 0 Å². The van der Waals surface area contributed by atoms with E-state index in [9.17, 15) is 0 Å². The van der Waals surface area contributed by atoms with Gasteiger partial charge in [-0.05, 0) is 147 Å². The fourth-order valence-corrected chi connectivity index (χ4v) is 19.0. The second-order valence-corrected chi connectivity index (χ2v) is 30.2. The van der Waals surface area contributed by atoms with Gasteiger partial charge in [0, 0.05) is 32.7 Å². The van der Waals surface area contributed by atoms with Gasteiger partial charge in [0.2, 0.25) is 0 Å². The number of fused-ring (bicyclic) bond motifs is 14. The summed E-state index contributed by atoms with van der Waals surface area (Å²) in [5, 5.41) is 10.6. The maximum Gasteiger partial charge on any atom is 0.143 e. The van der Waals surface area contributed by atoms with E-state index in [-0.39, 0.29) is 0 Å². The third-order valence-corrected chi connectivity index (χ3v) is 23.6. The highest BCUT2D eigenvalue weighted by Gasteiger charge is 2.46. The van der Waals surface area contributed by atoms with Crippen LogP contribution in [-0.4, -0.2) is 16.1 Å². The van der Waals surface area contributed by atoms with Crippen molar-refractivity contribution in [1.29, 1.82) is 0 Å². The van der Waals surface area contributed by atoms with E-state index in [0.717, 1.165) is 38.8 Å². The Bertz CT molecular complexity index is 4330. The molecule has 0 fully saturated rings. The van der Waals surface area contributed by atoms with Gasteiger partial charge in [-0.15, -0.1) is 0 Å². The predicted octanol–water partition coefficient (Wildman–Crippen LogP) is 17.1. The maximum absolute atomic E-state index is 7.24. The van der Waals surface area contributed by atoms with E-state index in [1.54, 1.807) is 0 Å². The summed E-state index contributed by atoms with van der Waals surface area (Å²) >= 11 is 0. The van der Waals surface area contributed by atoms with E-state index < -0.39 is 16.1 Å². The summed E-state index contributed by atoms with van der Waals surface area (Å²) in [7, 11) is -4.78. The summed E-state index contributed by atoms with van der Waals surface area (Å²) < 4.78 is 14.4. The zero-order valence-corrected chi connectivity index (χ0v) is 43.8. The van der Waals surface area contributed by atoms with E-state index in [1.165, 1.54) is 115 Å². The van der Waals surface area contributed by atoms with E-state index in [1.807, 2.05) is 0 Å². The molecule has 11 aromatic carbocycles. The Morgan fingerprint density at radius 3 is 1.07 bits per heavy atom. The van der Waals surface area contributed by atoms with E-state index in [4.69, 9.17) is 8.83 Å². The lowest BCUT2D eigenvalue weighted by atomic mass is 9.89. The Hall–Kier alpha value is -8.55. The van der Waals surface area contributed by atoms with Crippen LogP contribution in [0.2, 0.25) is 26.2 Å². The topological polar surface area (TPSA) is 26.3 Å². The van der Waals surface area contributed by atoms with Gasteiger partial charge in [0.1, 0.15) is 38.5 Å². The van der Waals surface area contributed by atoms with Crippen LogP contribution in [0, 0.1) is 0 Å². The largest absolute Gasteiger partial charge is 0.455 e. The molecule has 0 saturated carbocycles. The van der Waals surface area contributed by atoms with E-state index in [2.05, 4.69) is 257 Å². The minimum atomic E-state index is -2.39. The molecule has 0 unspecified atom stereocenters. The molecule has 0 bridgehead atoms. The summed E-state index contributed by atoms with van der Waals surface area (Å²) in [6.07, 6.45) is 0. The number of furan rings is 2. The Balaban J connectivity index is 0.971. The molecule has 0 aliphatic carbocycles. The van der Waals surface area contributed by atoms with Gasteiger partial charge < -0.3 is 8.83 Å². The third kappa shape index (κ3) is 6.35. The van der Waals surface area contributed by atoms with Crippen LogP contribution in [0.15, 0.2) is 239 Å². The molecule has 2 aliphatic heterocycles. The van der Waals surface area contributed by atoms with Crippen LogP contribution in [-0.2, 0) is 0 Å². The smallest absolute Gasteiger partial charge is 0.143 e. The van der Waals surface area contributed by atoms with Gasteiger partial charge in [-0.3, -0.25) is 0 Å². The number of hydrogen-bond acceptors (Lipinski definition) is 2. The molecule has 0 atom stereocenters. The quantitative estimate of drug-likeness (QED) is 0.155. The van der Waals surface area contributed by atoms with Crippen LogP contribution < -0.4 is 20.7 Å². The van der Waals surface area contributed by atoms with Gasteiger partial charge in [-0.1, -0.05) is 208 Å². The minimum Gasteiger partial charge on any atom is -0.455 e. The van der Waals surface area contributed by atoms with Gasteiger partial charge in [0.25, 0.3) is 0 Å². The van der Waals surface area contributed by atoms with Crippen LogP contribution in [0.3, 0.4) is 0 Å². The Morgan fingerprint density at radius 2 is 0.595 bits per heavy atom. The third-order valence-electron chi connectivity index (χ3n) is 16.6. The first-order valence-corrected chi connectivity index (χ1v) is 31.9. The predicted molar refractivity (Wildman–Crippen MR) is 318 cm³/mol. The van der Waals surface area contributed by atoms with Crippen LogP contribution in [0.5, 0.6) is 0 Å². The molecule has 2 nitrogen and oxygen atoms in total. The monoisotopic (exact) mass is 978 g/mol. The number of para-hydroxylation sites is 2. The number of benzene rings is 11. The lowest BCUT2D eigenvalue weighted by Gasteiger charge is -2.22. The van der Waals surface area contributed by atoms with Crippen molar-refractivity contribution in [2.45, 2.75) is 26.2 Å². The highest BCUT2D eigenvalue weighted by atomic mass is 28.3. The fraction of sp³-hybridized carbons (Fsp3) is 0.0571. The van der Waals surface area contributed by atoms with Gasteiger partial charge in [-0.25, -0.2) is 0 Å². The second-order valence-electron chi connectivity index (χ2n) is 21.6. The van der Waals surface area contributed by atoms with Crippen LogP contribution in [0.4, 0.5) is 0 Å². The Labute approximate surface area is 432 Å². The van der Waals surface area contributed by atoms with Crippen molar-refractivity contribution in [3.8, 4) is 89.0 Å². The molecule has 0 radical (unpaired) electrons. The average molecular weight is 979 g/mol. The van der Waals surface area contributed by atoms with Crippen LogP contribution >= 0.6 is 0 Å². The fourth-order valence-electron chi connectivity index (χ4n) is 12.9. The summed E-state index contributed by atoms with van der Waals surface area (Å²) in [4.78, 5) is 0. The second kappa shape index (κ2) is 16.0. The first-order valence-electron chi connectivity index (χ1n) is 25.9. The first-order chi connectivity index (χ1) is 36.2. The van der Waals surface area contributed by atoms with Crippen molar-refractivity contribution in [2.24, 2.45) is 0 Å². The van der Waals surface area contributed by atoms with Gasteiger partial charge in [-0.2, -0.15) is 0 Å². The molecule has 13 aromatic rings. The molecule has 15 rings (SSSR count). The van der Waals surface area contributed by atoms with Crippen molar-refractivity contribution in [3.05, 3.63) is 231 Å². The Kier molecular flexibility index (Phi) is 9.30. The standard InChI is InChI=1S/C70H50O2Si2/c1-73(2)61-42-58-62(41-57(61)66-63(73)40-56(69-68(66)54-30-18-20-32-60(54)71-69)52-37-49(45-25-13-7-14-26-45)34-50(38-52)46-27-15-8-16-28-46)74(3,4)64-39-55(65-53-29-17-19-31-59(53)72-70(65)67(58)64)51-35-47(43-21-9-5-10-22-43)33-48(36-51)44-23-11-6-12-24-44/h5-42H,1-4H3. The van der Waals surface area contributed by atoms with Gasteiger partial charge in [0.05, 0.1) is 0 Å². The molecule has 0 amide bonds.